The highest BCUT2D eigenvalue weighted by molar-refractivity contribution is 5.53. The number of rotatable bonds is 4. The number of aromatic nitrogens is 2. The standard InChI is InChI=1S/C12H16N4O/c1-16-8-10(7-15-16)14-6-9-3-4-11(17-2)5-12(9)13/h3-5,7-8,14H,6,13H2,1-2H3. The Balaban J connectivity index is 2.04. The Labute approximate surface area is 100 Å². The van der Waals surface area contributed by atoms with Crippen LogP contribution in [0.15, 0.2) is 30.6 Å². The Bertz CT molecular complexity index is 507. The van der Waals surface area contributed by atoms with Crippen LogP contribution in [0.3, 0.4) is 0 Å². The van der Waals surface area contributed by atoms with Gasteiger partial charge in [0.1, 0.15) is 5.75 Å². The summed E-state index contributed by atoms with van der Waals surface area (Å²) in [5.74, 6) is 0.771. The SMILES string of the molecule is COc1ccc(CNc2cnn(C)c2)c(N)c1. The molecule has 2 aromatic rings. The van der Waals surface area contributed by atoms with Crippen LogP contribution in [0.5, 0.6) is 5.75 Å². The molecule has 3 N–H and O–H groups in total. The number of nitrogens with one attached hydrogen (secondary N) is 1. The predicted octanol–water partition coefficient (Wildman–Crippen LogP) is 1.62. The molecule has 0 amide bonds. The molecule has 90 valence electrons. The van der Waals surface area contributed by atoms with Gasteiger partial charge in [0.2, 0.25) is 0 Å². The zero-order chi connectivity index (χ0) is 12.3. The van der Waals surface area contributed by atoms with E-state index in [2.05, 4.69) is 10.4 Å². The first-order valence-corrected chi connectivity index (χ1v) is 5.34. The summed E-state index contributed by atoms with van der Waals surface area (Å²) < 4.78 is 6.85. The molecular weight excluding hydrogens is 216 g/mol. The predicted molar refractivity (Wildman–Crippen MR) is 67.9 cm³/mol. The summed E-state index contributed by atoms with van der Waals surface area (Å²) in [4.78, 5) is 0. The van der Waals surface area contributed by atoms with E-state index < -0.39 is 0 Å². The summed E-state index contributed by atoms with van der Waals surface area (Å²) in [5, 5.41) is 7.34. The highest BCUT2D eigenvalue weighted by atomic mass is 16.5. The molecule has 0 spiro atoms. The van der Waals surface area contributed by atoms with Crippen molar-refractivity contribution in [1.29, 1.82) is 0 Å². The van der Waals surface area contributed by atoms with Gasteiger partial charge in [-0.2, -0.15) is 5.10 Å². The van der Waals surface area contributed by atoms with Crippen molar-refractivity contribution in [2.45, 2.75) is 6.54 Å². The third-order valence-electron chi connectivity index (χ3n) is 2.54. The molecule has 5 nitrogen and oxygen atoms in total. The number of nitrogens with zero attached hydrogens (tertiary/aromatic N) is 2. The molecule has 1 aromatic heterocycles. The molecular formula is C12H16N4O. The number of methoxy groups -OCH3 is 1. The summed E-state index contributed by atoms with van der Waals surface area (Å²) in [5.41, 5.74) is 8.66. The minimum absolute atomic E-state index is 0.668. The van der Waals surface area contributed by atoms with E-state index in [9.17, 15) is 0 Å². The van der Waals surface area contributed by atoms with Gasteiger partial charge in [0.15, 0.2) is 0 Å². The van der Waals surface area contributed by atoms with Crippen LogP contribution in [0.4, 0.5) is 11.4 Å². The molecule has 0 saturated heterocycles. The monoisotopic (exact) mass is 232 g/mol. The van der Waals surface area contributed by atoms with E-state index in [4.69, 9.17) is 10.5 Å². The molecule has 0 aliphatic carbocycles. The Morgan fingerprint density at radius 2 is 2.29 bits per heavy atom. The van der Waals surface area contributed by atoms with Crippen LogP contribution >= 0.6 is 0 Å². The topological polar surface area (TPSA) is 65.1 Å². The maximum absolute atomic E-state index is 5.93. The molecule has 17 heavy (non-hydrogen) atoms. The Kier molecular flexibility index (Phi) is 3.18. The van der Waals surface area contributed by atoms with Crippen molar-refractivity contribution in [3.8, 4) is 5.75 Å². The average Bonchev–Trinajstić information content (AvgIpc) is 2.73. The largest absolute Gasteiger partial charge is 0.497 e. The molecule has 0 unspecified atom stereocenters. The lowest BCUT2D eigenvalue weighted by atomic mass is 10.1. The van der Waals surface area contributed by atoms with Crippen LogP contribution in [0.1, 0.15) is 5.56 Å². The molecule has 0 fully saturated rings. The number of anilines is 2. The summed E-state index contributed by atoms with van der Waals surface area (Å²) >= 11 is 0. The van der Waals surface area contributed by atoms with Gasteiger partial charge in [-0.15, -0.1) is 0 Å². The first-order valence-electron chi connectivity index (χ1n) is 5.34. The van der Waals surface area contributed by atoms with E-state index in [0.29, 0.717) is 6.54 Å². The number of nitrogens with two attached hydrogens (primary N) is 1. The van der Waals surface area contributed by atoms with Crippen LogP contribution in [0, 0.1) is 0 Å². The van der Waals surface area contributed by atoms with Crippen LogP contribution < -0.4 is 15.8 Å². The fraction of sp³-hybridized carbons (Fsp3) is 0.250. The first kappa shape index (κ1) is 11.3. The molecule has 1 heterocycles. The number of aryl methyl sites for hydroxylation is 1. The molecule has 0 atom stereocenters. The van der Waals surface area contributed by atoms with Gasteiger partial charge in [-0.05, 0) is 11.6 Å². The fourth-order valence-electron chi connectivity index (χ4n) is 1.57. The van der Waals surface area contributed by atoms with Crippen molar-refractivity contribution < 1.29 is 4.74 Å². The number of ether oxygens (including phenoxy) is 1. The average molecular weight is 232 g/mol. The summed E-state index contributed by atoms with van der Waals surface area (Å²) in [7, 11) is 3.51. The molecule has 0 saturated carbocycles. The Morgan fingerprint density at radius 3 is 2.88 bits per heavy atom. The van der Waals surface area contributed by atoms with Crippen molar-refractivity contribution >= 4 is 11.4 Å². The van der Waals surface area contributed by atoms with Gasteiger partial charge in [-0.25, -0.2) is 0 Å². The quantitative estimate of drug-likeness (QED) is 0.786. The molecule has 0 radical (unpaired) electrons. The Morgan fingerprint density at radius 1 is 1.47 bits per heavy atom. The summed E-state index contributed by atoms with van der Waals surface area (Å²) in [6.07, 6.45) is 3.69. The summed E-state index contributed by atoms with van der Waals surface area (Å²) in [6.45, 7) is 0.668. The van der Waals surface area contributed by atoms with Crippen molar-refractivity contribution in [1.82, 2.24) is 9.78 Å². The minimum atomic E-state index is 0.668. The van der Waals surface area contributed by atoms with E-state index >= 15 is 0 Å². The van der Waals surface area contributed by atoms with Gasteiger partial charge in [0, 0.05) is 31.5 Å². The maximum atomic E-state index is 5.93. The first-order chi connectivity index (χ1) is 8.19. The number of hydrogen-bond donors (Lipinski definition) is 2. The number of nitrogen functional groups attached to an aromatic ring is 1. The summed E-state index contributed by atoms with van der Waals surface area (Å²) in [6, 6.07) is 5.68. The van der Waals surface area contributed by atoms with E-state index in [1.54, 1.807) is 18.0 Å². The van der Waals surface area contributed by atoms with E-state index in [1.165, 1.54) is 0 Å². The maximum Gasteiger partial charge on any atom is 0.120 e. The molecule has 1 aromatic carbocycles. The van der Waals surface area contributed by atoms with Crippen LogP contribution in [0.2, 0.25) is 0 Å². The second kappa shape index (κ2) is 4.78. The number of hydrogen-bond acceptors (Lipinski definition) is 4. The highest BCUT2D eigenvalue weighted by Crippen LogP contribution is 2.20. The smallest absolute Gasteiger partial charge is 0.120 e. The van der Waals surface area contributed by atoms with Gasteiger partial charge in [-0.3, -0.25) is 4.68 Å². The van der Waals surface area contributed by atoms with E-state index in [1.807, 2.05) is 31.4 Å². The number of benzene rings is 1. The molecule has 0 aliphatic rings. The third kappa shape index (κ3) is 2.69. The highest BCUT2D eigenvalue weighted by Gasteiger charge is 2.02. The van der Waals surface area contributed by atoms with Gasteiger partial charge in [-0.1, -0.05) is 6.07 Å². The molecule has 0 aliphatic heterocycles. The van der Waals surface area contributed by atoms with E-state index in [-0.39, 0.29) is 0 Å². The lowest BCUT2D eigenvalue weighted by Gasteiger charge is -2.08. The van der Waals surface area contributed by atoms with E-state index in [0.717, 1.165) is 22.7 Å². The second-order valence-electron chi connectivity index (χ2n) is 3.82. The van der Waals surface area contributed by atoms with Gasteiger partial charge >= 0.3 is 0 Å². The normalized spacial score (nSPS) is 10.2. The third-order valence-corrected chi connectivity index (χ3v) is 2.54. The van der Waals surface area contributed by atoms with Crippen LogP contribution in [-0.2, 0) is 13.6 Å². The zero-order valence-electron chi connectivity index (χ0n) is 9.97. The second-order valence-corrected chi connectivity index (χ2v) is 3.82. The van der Waals surface area contributed by atoms with Gasteiger partial charge in [0.05, 0.1) is 19.0 Å². The van der Waals surface area contributed by atoms with Crippen molar-refractivity contribution in [3.05, 3.63) is 36.2 Å². The zero-order valence-corrected chi connectivity index (χ0v) is 9.97. The van der Waals surface area contributed by atoms with Crippen molar-refractivity contribution in [2.24, 2.45) is 7.05 Å². The lowest BCUT2D eigenvalue weighted by Crippen LogP contribution is -2.02. The van der Waals surface area contributed by atoms with Crippen molar-refractivity contribution in [2.75, 3.05) is 18.2 Å². The van der Waals surface area contributed by atoms with Crippen molar-refractivity contribution in [3.63, 3.8) is 0 Å². The lowest BCUT2D eigenvalue weighted by molar-refractivity contribution is 0.415. The minimum Gasteiger partial charge on any atom is -0.497 e. The van der Waals surface area contributed by atoms with Crippen LogP contribution in [0.25, 0.3) is 0 Å². The van der Waals surface area contributed by atoms with Crippen LogP contribution in [-0.4, -0.2) is 16.9 Å². The van der Waals surface area contributed by atoms with Gasteiger partial charge < -0.3 is 15.8 Å². The molecule has 0 bridgehead atoms. The molecule has 5 heteroatoms. The molecule has 2 rings (SSSR count). The van der Waals surface area contributed by atoms with Gasteiger partial charge in [0.25, 0.3) is 0 Å². The fourth-order valence-corrected chi connectivity index (χ4v) is 1.57. The Hall–Kier alpha value is -2.17.